The van der Waals surface area contributed by atoms with Gasteiger partial charge < -0.3 is 10.2 Å². The number of hydrogen-bond acceptors (Lipinski definition) is 3. The van der Waals surface area contributed by atoms with E-state index in [-0.39, 0.29) is 17.5 Å². The molecule has 0 spiro atoms. The number of rotatable bonds is 5. The molecule has 1 aromatic rings. The zero-order valence-corrected chi connectivity index (χ0v) is 13.9. The molecule has 0 unspecified atom stereocenters. The Bertz CT molecular complexity index is 573. The second-order valence-electron chi connectivity index (χ2n) is 5.39. The Balaban J connectivity index is 1.96. The highest BCUT2D eigenvalue weighted by molar-refractivity contribution is 7.91. The van der Waals surface area contributed by atoms with Crippen molar-refractivity contribution in [2.45, 2.75) is 32.4 Å². The van der Waals surface area contributed by atoms with Gasteiger partial charge in [-0.3, -0.25) is 0 Å². The number of hydrogen-bond donors (Lipinski definition) is 1. The van der Waals surface area contributed by atoms with Gasteiger partial charge in [-0.25, -0.2) is 8.42 Å². The van der Waals surface area contributed by atoms with E-state index in [0.29, 0.717) is 18.1 Å². The summed E-state index contributed by atoms with van der Waals surface area (Å²) in [6.07, 6.45) is 1.62. The van der Waals surface area contributed by atoms with Gasteiger partial charge in [0.1, 0.15) is 0 Å². The van der Waals surface area contributed by atoms with Gasteiger partial charge in [-0.05, 0) is 30.6 Å². The Morgan fingerprint density at radius 2 is 2.10 bits per heavy atom. The van der Waals surface area contributed by atoms with Crippen molar-refractivity contribution >= 4 is 27.2 Å². The zero-order chi connectivity index (χ0) is 15.3. The molecule has 6 heteroatoms. The number of benzene rings is 1. The highest BCUT2D eigenvalue weighted by atomic mass is 32.2. The van der Waals surface area contributed by atoms with Gasteiger partial charge in [0.2, 0.25) is 0 Å². The molecule has 4 nitrogen and oxygen atoms in total. The van der Waals surface area contributed by atoms with Crippen LogP contribution in [0.3, 0.4) is 0 Å². The van der Waals surface area contributed by atoms with Crippen LogP contribution in [0.25, 0.3) is 0 Å². The minimum Gasteiger partial charge on any atom is -0.358 e. The third-order valence-corrected chi connectivity index (χ3v) is 5.79. The van der Waals surface area contributed by atoms with Crippen molar-refractivity contribution in [3.05, 3.63) is 35.9 Å². The van der Waals surface area contributed by atoms with Gasteiger partial charge in [-0.2, -0.15) is 0 Å². The maximum absolute atomic E-state index is 11.7. The van der Waals surface area contributed by atoms with Gasteiger partial charge in [0.25, 0.3) is 0 Å². The molecule has 0 bridgehead atoms. The van der Waals surface area contributed by atoms with Crippen molar-refractivity contribution in [1.29, 1.82) is 0 Å². The Morgan fingerprint density at radius 1 is 1.38 bits per heavy atom. The van der Waals surface area contributed by atoms with Crippen molar-refractivity contribution in [3.8, 4) is 0 Å². The van der Waals surface area contributed by atoms with Crippen molar-refractivity contribution in [3.63, 3.8) is 0 Å². The first-order chi connectivity index (χ1) is 10.0. The first-order valence-corrected chi connectivity index (χ1v) is 9.53. The van der Waals surface area contributed by atoms with E-state index in [4.69, 9.17) is 12.2 Å². The summed E-state index contributed by atoms with van der Waals surface area (Å²) in [5.41, 5.74) is 1.16. The van der Waals surface area contributed by atoms with Crippen LogP contribution in [-0.4, -0.2) is 42.5 Å². The fraction of sp³-hybridized carbons (Fsp3) is 0.533. The minimum atomic E-state index is -2.89. The number of thiocarbonyl (C=S) groups is 1. The standard InChI is InChI=1S/C15H22N2O2S2/c1-2-9-17(14-8-10-21(18,19)12-14)15(20)16-11-13-6-4-3-5-7-13/h3-7,14H,2,8-12H2,1H3,(H,16,20)/t14-/m0/s1. The molecule has 0 saturated carbocycles. The van der Waals surface area contributed by atoms with Crippen LogP contribution in [0.2, 0.25) is 0 Å². The smallest absolute Gasteiger partial charge is 0.169 e. The molecule has 1 fully saturated rings. The van der Waals surface area contributed by atoms with E-state index in [2.05, 4.69) is 12.2 Å². The molecule has 1 aromatic carbocycles. The molecule has 2 rings (SSSR count). The van der Waals surface area contributed by atoms with Crippen molar-refractivity contribution in [2.75, 3.05) is 18.1 Å². The lowest BCUT2D eigenvalue weighted by Crippen LogP contribution is -2.46. The summed E-state index contributed by atoms with van der Waals surface area (Å²) in [5.74, 6) is 0.499. The molecule has 0 aliphatic carbocycles. The molecule has 1 aliphatic heterocycles. The lowest BCUT2D eigenvalue weighted by molar-refractivity contribution is 0.329. The van der Waals surface area contributed by atoms with E-state index >= 15 is 0 Å². The van der Waals surface area contributed by atoms with E-state index in [0.717, 1.165) is 18.5 Å². The molecule has 0 aromatic heterocycles. The highest BCUT2D eigenvalue weighted by Crippen LogP contribution is 2.18. The third kappa shape index (κ3) is 4.68. The van der Waals surface area contributed by atoms with E-state index in [1.807, 2.05) is 35.2 Å². The second kappa shape index (κ2) is 7.22. The quantitative estimate of drug-likeness (QED) is 0.838. The summed E-state index contributed by atoms with van der Waals surface area (Å²) < 4.78 is 23.3. The van der Waals surface area contributed by atoms with Crippen LogP contribution in [0.5, 0.6) is 0 Å². The first kappa shape index (κ1) is 16.2. The van der Waals surface area contributed by atoms with Gasteiger partial charge in [-0.15, -0.1) is 0 Å². The van der Waals surface area contributed by atoms with Crippen LogP contribution in [0, 0.1) is 0 Å². The van der Waals surface area contributed by atoms with Crippen LogP contribution in [0.4, 0.5) is 0 Å². The predicted octanol–water partition coefficient (Wildman–Crippen LogP) is 1.96. The molecule has 116 valence electrons. The fourth-order valence-corrected chi connectivity index (χ4v) is 4.63. The Hall–Kier alpha value is -1.14. The molecule has 0 radical (unpaired) electrons. The van der Waals surface area contributed by atoms with Gasteiger partial charge >= 0.3 is 0 Å². The molecular formula is C15H22N2O2S2. The van der Waals surface area contributed by atoms with Crippen LogP contribution in [0.15, 0.2) is 30.3 Å². The SMILES string of the molecule is CCCN(C(=S)NCc1ccccc1)[C@H]1CCS(=O)(=O)C1. The van der Waals surface area contributed by atoms with E-state index in [1.165, 1.54) is 0 Å². The van der Waals surface area contributed by atoms with Crippen LogP contribution in [-0.2, 0) is 16.4 Å². The molecule has 1 aliphatic rings. The van der Waals surface area contributed by atoms with Crippen molar-refractivity contribution in [2.24, 2.45) is 0 Å². The third-order valence-electron chi connectivity index (χ3n) is 3.66. The summed E-state index contributed by atoms with van der Waals surface area (Å²) in [4.78, 5) is 2.04. The van der Waals surface area contributed by atoms with Crippen LogP contribution in [0.1, 0.15) is 25.3 Å². The summed E-state index contributed by atoms with van der Waals surface area (Å²) in [6.45, 7) is 3.54. The van der Waals surface area contributed by atoms with Crippen LogP contribution >= 0.6 is 12.2 Å². The zero-order valence-electron chi connectivity index (χ0n) is 12.3. The van der Waals surface area contributed by atoms with Gasteiger partial charge in [0.05, 0.1) is 11.5 Å². The highest BCUT2D eigenvalue weighted by Gasteiger charge is 2.32. The largest absolute Gasteiger partial charge is 0.358 e. The maximum atomic E-state index is 11.7. The van der Waals surface area contributed by atoms with Gasteiger partial charge in [0.15, 0.2) is 14.9 Å². The van der Waals surface area contributed by atoms with Crippen molar-refractivity contribution in [1.82, 2.24) is 10.2 Å². The molecule has 1 N–H and O–H groups in total. The number of sulfone groups is 1. The lowest BCUT2D eigenvalue weighted by Gasteiger charge is -2.30. The van der Waals surface area contributed by atoms with E-state index in [1.54, 1.807) is 0 Å². The number of nitrogens with zero attached hydrogens (tertiary/aromatic N) is 1. The Morgan fingerprint density at radius 3 is 2.67 bits per heavy atom. The molecule has 1 saturated heterocycles. The van der Waals surface area contributed by atoms with E-state index < -0.39 is 9.84 Å². The maximum Gasteiger partial charge on any atom is 0.169 e. The topological polar surface area (TPSA) is 49.4 Å². The summed E-state index contributed by atoms with van der Waals surface area (Å²) in [7, 11) is -2.89. The van der Waals surface area contributed by atoms with E-state index in [9.17, 15) is 8.42 Å². The minimum absolute atomic E-state index is 0.0192. The predicted molar refractivity (Wildman–Crippen MR) is 89.9 cm³/mol. The second-order valence-corrected chi connectivity index (χ2v) is 8.01. The number of nitrogens with one attached hydrogen (secondary N) is 1. The van der Waals surface area contributed by atoms with Gasteiger partial charge in [0, 0.05) is 19.1 Å². The molecule has 1 atom stereocenters. The lowest BCUT2D eigenvalue weighted by atomic mass is 10.2. The summed E-state index contributed by atoms with van der Waals surface area (Å²) in [6, 6.07) is 10.1. The molecule has 0 amide bonds. The molecule has 1 heterocycles. The normalized spacial score (nSPS) is 20.1. The summed E-state index contributed by atoms with van der Waals surface area (Å²) >= 11 is 5.47. The van der Waals surface area contributed by atoms with Gasteiger partial charge in [-0.1, -0.05) is 37.3 Å². The average Bonchev–Trinajstić information content (AvgIpc) is 2.83. The van der Waals surface area contributed by atoms with Crippen LogP contribution < -0.4 is 5.32 Å². The summed E-state index contributed by atoms with van der Waals surface area (Å²) in [5, 5.41) is 3.91. The fourth-order valence-electron chi connectivity index (χ4n) is 2.59. The monoisotopic (exact) mass is 326 g/mol. The Kier molecular flexibility index (Phi) is 5.58. The van der Waals surface area contributed by atoms with Crippen molar-refractivity contribution < 1.29 is 8.42 Å². The first-order valence-electron chi connectivity index (χ1n) is 7.30. The average molecular weight is 326 g/mol. The Labute approximate surface area is 132 Å². The molecular weight excluding hydrogens is 304 g/mol. The molecule has 21 heavy (non-hydrogen) atoms.